The molecule has 0 aromatic rings. The van der Waals surface area contributed by atoms with E-state index in [-0.39, 0.29) is 35.9 Å². The Balaban J connectivity index is 0.000000891. The van der Waals surface area contributed by atoms with Crippen LogP contribution in [-0.2, 0) is 14.4 Å². The molecule has 2 fully saturated rings. The second-order valence-corrected chi connectivity index (χ2v) is 8.00. The van der Waals surface area contributed by atoms with Crippen LogP contribution in [0.2, 0.25) is 0 Å². The highest BCUT2D eigenvalue weighted by atomic mass is 16.3. The van der Waals surface area contributed by atoms with E-state index < -0.39 is 0 Å². The lowest BCUT2D eigenvalue weighted by atomic mass is 9.74. The third-order valence-corrected chi connectivity index (χ3v) is 4.35. The maximum absolute atomic E-state index is 12.5. The van der Waals surface area contributed by atoms with Gasteiger partial charge in [0.15, 0.2) is 0 Å². The number of piperidine rings is 1. The van der Waals surface area contributed by atoms with Crippen LogP contribution in [-0.4, -0.2) is 59.0 Å². The normalized spacial score (nSPS) is 23.3. The van der Waals surface area contributed by atoms with Crippen LogP contribution in [0.3, 0.4) is 0 Å². The number of carboxylic acid groups (broad SMARTS) is 1. The summed E-state index contributed by atoms with van der Waals surface area (Å²) in [6, 6.07) is 0. The summed E-state index contributed by atoms with van der Waals surface area (Å²) >= 11 is 0. The molecule has 7 heteroatoms. The summed E-state index contributed by atoms with van der Waals surface area (Å²) in [5.74, 6) is 0.479. The average molecular weight is 341 g/mol. The fourth-order valence-electron chi connectivity index (χ4n) is 4.07. The first-order valence-electron chi connectivity index (χ1n) is 8.50. The maximum atomic E-state index is 12.5. The van der Waals surface area contributed by atoms with E-state index in [0.29, 0.717) is 25.4 Å². The third kappa shape index (κ3) is 6.86. The van der Waals surface area contributed by atoms with E-state index in [1.54, 1.807) is 4.90 Å². The minimum atomic E-state index is -0.250. The minimum Gasteiger partial charge on any atom is -0.483 e. The molecular weight excluding hydrogens is 310 g/mol. The van der Waals surface area contributed by atoms with Crippen LogP contribution in [0.5, 0.6) is 0 Å². The molecule has 2 aliphatic heterocycles. The number of hydrogen-bond acceptors (Lipinski definition) is 4. The summed E-state index contributed by atoms with van der Waals surface area (Å²) in [5.41, 5.74) is 0.117. The first kappa shape index (κ1) is 20.4. The summed E-state index contributed by atoms with van der Waals surface area (Å²) in [6.45, 7) is 10.1. The Morgan fingerprint density at radius 2 is 1.83 bits per heavy atom. The van der Waals surface area contributed by atoms with Crippen molar-refractivity contribution in [1.29, 1.82) is 0 Å². The summed E-state index contributed by atoms with van der Waals surface area (Å²) < 4.78 is 0. The van der Waals surface area contributed by atoms with Crippen molar-refractivity contribution < 1.29 is 19.5 Å². The predicted octanol–water partition coefficient (Wildman–Crippen LogP) is 0.983. The van der Waals surface area contributed by atoms with E-state index in [4.69, 9.17) is 9.90 Å². The van der Waals surface area contributed by atoms with E-state index in [1.807, 2.05) is 0 Å². The molecule has 0 aromatic carbocycles. The van der Waals surface area contributed by atoms with Crippen LogP contribution in [0.1, 0.15) is 53.4 Å². The molecule has 0 radical (unpaired) electrons. The number of carbonyl (C=O) groups excluding carboxylic acids is 2. The van der Waals surface area contributed by atoms with Gasteiger partial charge in [-0.15, -0.1) is 0 Å². The Morgan fingerprint density at radius 3 is 2.38 bits per heavy atom. The second-order valence-electron chi connectivity index (χ2n) is 8.00. The molecule has 3 N–H and O–H groups in total. The molecule has 2 heterocycles. The van der Waals surface area contributed by atoms with Crippen LogP contribution in [0, 0.1) is 5.92 Å². The summed E-state index contributed by atoms with van der Waals surface area (Å²) in [7, 11) is 0. The van der Waals surface area contributed by atoms with E-state index in [9.17, 15) is 9.59 Å². The van der Waals surface area contributed by atoms with Crippen molar-refractivity contribution in [3.63, 3.8) is 0 Å². The first-order valence-corrected chi connectivity index (χ1v) is 8.50. The van der Waals surface area contributed by atoms with E-state index in [0.717, 1.165) is 19.3 Å². The Morgan fingerprint density at radius 1 is 1.29 bits per heavy atom. The van der Waals surface area contributed by atoms with Gasteiger partial charge in [-0.2, -0.15) is 0 Å². The lowest BCUT2D eigenvalue weighted by Crippen LogP contribution is -2.58. The molecule has 2 saturated heterocycles. The fraction of sp³-hybridized carbons (Fsp3) is 0.824. The quantitative estimate of drug-likeness (QED) is 0.651. The molecule has 0 unspecified atom stereocenters. The lowest BCUT2D eigenvalue weighted by Gasteiger charge is -2.46. The highest BCUT2D eigenvalue weighted by Gasteiger charge is 2.38. The second kappa shape index (κ2) is 8.46. The van der Waals surface area contributed by atoms with Crippen LogP contribution < -0.4 is 10.6 Å². The summed E-state index contributed by atoms with van der Waals surface area (Å²) in [4.78, 5) is 34.2. The third-order valence-electron chi connectivity index (χ3n) is 4.35. The number of nitrogens with one attached hydrogen (secondary N) is 2. The van der Waals surface area contributed by atoms with Gasteiger partial charge in [0.25, 0.3) is 6.47 Å². The highest BCUT2D eigenvalue weighted by Crippen LogP contribution is 2.34. The van der Waals surface area contributed by atoms with Crippen LogP contribution >= 0.6 is 0 Å². The number of amides is 2. The van der Waals surface area contributed by atoms with Gasteiger partial charge in [0, 0.05) is 30.6 Å². The van der Waals surface area contributed by atoms with Gasteiger partial charge in [-0.25, -0.2) is 0 Å². The highest BCUT2D eigenvalue weighted by molar-refractivity contribution is 5.85. The van der Waals surface area contributed by atoms with Gasteiger partial charge in [-0.1, -0.05) is 0 Å². The Bertz CT molecular complexity index is 447. The lowest BCUT2D eigenvalue weighted by molar-refractivity contribution is -0.136. The van der Waals surface area contributed by atoms with Gasteiger partial charge >= 0.3 is 0 Å². The molecule has 0 atom stereocenters. The Kier molecular flexibility index (Phi) is 7.20. The minimum absolute atomic E-state index is 0.0354. The number of hydrogen-bond donors (Lipinski definition) is 3. The van der Waals surface area contributed by atoms with Crippen molar-refractivity contribution in [1.82, 2.24) is 15.5 Å². The Labute approximate surface area is 144 Å². The molecule has 7 nitrogen and oxygen atoms in total. The van der Waals surface area contributed by atoms with Crippen molar-refractivity contribution >= 4 is 18.3 Å². The fourth-order valence-corrected chi connectivity index (χ4v) is 4.07. The van der Waals surface area contributed by atoms with Gasteiger partial charge in [-0.05, 0) is 52.9 Å². The molecular formula is C17H31N3O4. The number of carbonyl (C=O) groups is 3. The molecule has 0 aromatic heterocycles. The first-order chi connectivity index (χ1) is 11.1. The number of nitrogens with zero attached hydrogens (tertiary/aromatic N) is 1. The summed E-state index contributed by atoms with van der Waals surface area (Å²) in [5, 5.41) is 13.3. The van der Waals surface area contributed by atoms with Gasteiger partial charge in [0.1, 0.15) is 0 Å². The topological polar surface area (TPSA) is 98.7 Å². The van der Waals surface area contributed by atoms with Crippen molar-refractivity contribution in [3.8, 4) is 0 Å². The standard InChI is InChI=1S/C16H29N3O2.CH2O2/c1-15(2)9-12(10-16(3,4)18-15)8-14(21)19-7-5-6-17-13(20)11-19;2-1-3/h12,18H,5-11H2,1-4H3,(H,17,20);1H,(H,2,3). The van der Waals surface area contributed by atoms with Crippen LogP contribution in [0.4, 0.5) is 0 Å². The molecule has 138 valence electrons. The molecule has 24 heavy (non-hydrogen) atoms. The zero-order valence-electron chi connectivity index (χ0n) is 15.2. The zero-order chi connectivity index (χ0) is 18.4. The van der Waals surface area contributed by atoms with Gasteiger partial charge in [-0.3, -0.25) is 14.4 Å². The smallest absolute Gasteiger partial charge is 0.290 e. The molecule has 2 amide bonds. The molecule has 0 aliphatic carbocycles. The van der Waals surface area contributed by atoms with E-state index >= 15 is 0 Å². The molecule has 0 spiro atoms. The molecule has 0 saturated carbocycles. The van der Waals surface area contributed by atoms with E-state index in [1.165, 1.54) is 0 Å². The van der Waals surface area contributed by atoms with E-state index in [2.05, 4.69) is 38.3 Å². The van der Waals surface area contributed by atoms with Gasteiger partial charge < -0.3 is 20.6 Å². The number of rotatable bonds is 2. The Hall–Kier alpha value is -1.63. The average Bonchev–Trinajstić information content (AvgIpc) is 2.60. The zero-order valence-corrected chi connectivity index (χ0v) is 15.2. The largest absolute Gasteiger partial charge is 0.483 e. The van der Waals surface area contributed by atoms with Crippen molar-refractivity contribution in [3.05, 3.63) is 0 Å². The predicted molar refractivity (Wildman–Crippen MR) is 91.5 cm³/mol. The maximum Gasteiger partial charge on any atom is 0.290 e. The monoisotopic (exact) mass is 341 g/mol. The molecule has 2 rings (SSSR count). The van der Waals surface area contributed by atoms with Crippen molar-refractivity contribution in [2.75, 3.05) is 19.6 Å². The van der Waals surface area contributed by atoms with Gasteiger partial charge in [0.2, 0.25) is 11.8 Å². The summed E-state index contributed by atoms with van der Waals surface area (Å²) in [6.07, 6.45) is 3.41. The van der Waals surface area contributed by atoms with Crippen molar-refractivity contribution in [2.45, 2.75) is 64.5 Å². The molecule has 0 bridgehead atoms. The SMILES string of the molecule is CC1(C)CC(CC(=O)N2CCCNC(=O)C2)CC(C)(C)N1.O=CO. The van der Waals surface area contributed by atoms with Crippen molar-refractivity contribution in [2.24, 2.45) is 5.92 Å². The molecule has 2 aliphatic rings. The van der Waals surface area contributed by atoms with Gasteiger partial charge in [0.05, 0.1) is 6.54 Å². The van der Waals surface area contributed by atoms with Crippen LogP contribution in [0.15, 0.2) is 0 Å². The van der Waals surface area contributed by atoms with Crippen LogP contribution in [0.25, 0.3) is 0 Å².